The monoisotopic (exact) mass is 588 g/mol. The number of aryl methyl sites for hydroxylation is 1. The average Bonchev–Trinajstić information content (AvgIpc) is 3.38. The highest BCUT2D eigenvalue weighted by Crippen LogP contribution is 2.64. The molecule has 2 saturated heterocycles. The van der Waals surface area contributed by atoms with E-state index >= 15 is 0 Å². The van der Waals surface area contributed by atoms with Crippen LogP contribution < -0.4 is 9.80 Å². The minimum Gasteiger partial charge on any atom is -0.507 e. The predicted octanol–water partition coefficient (Wildman–Crippen LogP) is 5.34. The van der Waals surface area contributed by atoms with Crippen LogP contribution in [-0.2, 0) is 19.2 Å². The zero-order valence-corrected chi connectivity index (χ0v) is 24.7. The van der Waals surface area contributed by atoms with Gasteiger partial charge < -0.3 is 5.11 Å². The maximum Gasteiger partial charge on any atom is 0.241 e. The number of aromatic hydroxyl groups is 1. The number of carbonyl (C=O) groups is 5. The molecule has 2 heterocycles. The van der Waals surface area contributed by atoms with Gasteiger partial charge in [0.15, 0.2) is 5.78 Å². The standard InChI is InChI=1S/C36H32N2O6/c1-19-8-7-11-26(31(19)40)30-24-16-17-25-29(34(43)37(32(25)41)23-14-12-21(13-15-23)20(2)39)27(24)18-28-33(42)38(35(44)36(28,30)3)22-9-5-4-6-10-22/h4-16,25,27-30,40H,17-18H2,1-3H3/t25-,27+,28-,29-,30+,36+/m0/s1. The highest BCUT2D eigenvalue weighted by atomic mass is 16.3. The topological polar surface area (TPSA) is 112 Å². The molecule has 4 amide bonds. The first-order valence-electron chi connectivity index (χ1n) is 15.0. The van der Waals surface area contributed by atoms with Crippen LogP contribution in [0.15, 0.2) is 84.4 Å². The number of para-hydroxylation sites is 2. The second kappa shape index (κ2) is 9.84. The Morgan fingerprint density at radius 1 is 0.818 bits per heavy atom. The third kappa shape index (κ3) is 3.73. The highest BCUT2D eigenvalue weighted by Gasteiger charge is 2.68. The van der Waals surface area contributed by atoms with Crippen molar-refractivity contribution in [3.63, 3.8) is 0 Å². The Morgan fingerprint density at radius 2 is 1.50 bits per heavy atom. The van der Waals surface area contributed by atoms with Crippen LogP contribution in [0.4, 0.5) is 11.4 Å². The number of hydrogen-bond acceptors (Lipinski definition) is 6. The van der Waals surface area contributed by atoms with Crippen molar-refractivity contribution in [2.24, 2.45) is 29.1 Å². The first-order chi connectivity index (χ1) is 21.1. The Kier molecular flexibility index (Phi) is 6.25. The summed E-state index contributed by atoms with van der Waals surface area (Å²) in [6.45, 7) is 5.05. The van der Waals surface area contributed by atoms with Crippen LogP contribution in [0.1, 0.15) is 54.1 Å². The number of allylic oxidation sites excluding steroid dienone is 2. The fourth-order valence-electron chi connectivity index (χ4n) is 8.20. The van der Waals surface area contributed by atoms with Gasteiger partial charge in [0, 0.05) is 17.0 Å². The number of fused-ring (bicyclic) bond motifs is 4. The van der Waals surface area contributed by atoms with Gasteiger partial charge in [-0.2, -0.15) is 0 Å². The van der Waals surface area contributed by atoms with Crippen LogP contribution in [0.5, 0.6) is 5.75 Å². The smallest absolute Gasteiger partial charge is 0.241 e. The Labute approximate surface area is 255 Å². The minimum atomic E-state index is -1.22. The van der Waals surface area contributed by atoms with Gasteiger partial charge in [-0.15, -0.1) is 0 Å². The van der Waals surface area contributed by atoms with Gasteiger partial charge >= 0.3 is 0 Å². The zero-order chi connectivity index (χ0) is 31.1. The summed E-state index contributed by atoms with van der Waals surface area (Å²) < 4.78 is 0. The number of Topliss-reactive ketones (excluding diaryl/α,β-unsaturated/α-hetero) is 1. The normalized spacial score (nSPS) is 29.3. The summed E-state index contributed by atoms with van der Waals surface area (Å²) in [7, 11) is 0. The molecule has 6 atom stereocenters. The summed E-state index contributed by atoms with van der Waals surface area (Å²) in [5.74, 6) is -4.66. The van der Waals surface area contributed by atoms with Crippen LogP contribution in [0.25, 0.3) is 0 Å². The first-order valence-corrected chi connectivity index (χ1v) is 15.0. The molecule has 2 aliphatic carbocycles. The molecule has 8 nitrogen and oxygen atoms in total. The Morgan fingerprint density at radius 3 is 2.18 bits per heavy atom. The number of rotatable bonds is 4. The van der Waals surface area contributed by atoms with E-state index in [0.29, 0.717) is 34.5 Å². The van der Waals surface area contributed by atoms with E-state index in [4.69, 9.17) is 0 Å². The molecular weight excluding hydrogens is 556 g/mol. The lowest BCUT2D eigenvalue weighted by Gasteiger charge is -2.49. The van der Waals surface area contributed by atoms with Gasteiger partial charge in [-0.3, -0.25) is 28.9 Å². The number of nitrogens with zero attached hydrogens (tertiary/aromatic N) is 2. The second-order valence-corrected chi connectivity index (χ2v) is 12.6. The van der Waals surface area contributed by atoms with E-state index in [0.717, 1.165) is 5.57 Å². The lowest BCUT2D eigenvalue weighted by molar-refractivity contribution is -0.131. The number of anilines is 2. The van der Waals surface area contributed by atoms with Crippen molar-refractivity contribution in [2.75, 3.05) is 9.80 Å². The second-order valence-electron chi connectivity index (χ2n) is 12.6. The van der Waals surface area contributed by atoms with Crippen molar-refractivity contribution < 1.29 is 29.1 Å². The highest BCUT2D eigenvalue weighted by molar-refractivity contribution is 6.25. The molecule has 3 aromatic carbocycles. The molecule has 8 heteroatoms. The van der Waals surface area contributed by atoms with Gasteiger partial charge in [-0.25, -0.2) is 4.90 Å². The Bertz CT molecular complexity index is 1790. The molecule has 44 heavy (non-hydrogen) atoms. The maximum absolute atomic E-state index is 14.4. The van der Waals surface area contributed by atoms with E-state index < -0.39 is 35.0 Å². The van der Waals surface area contributed by atoms with Gasteiger partial charge in [-0.05, 0) is 81.5 Å². The fraction of sp³-hybridized carbons (Fsp3) is 0.306. The SMILES string of the molecule is CC(=O)c1ccc(N2C(=O)[C@H]3[C@H](CC=C4[C@H]3C[C@H]3C(=O)N(c5ccccc5)C(=O)[C@@]3(C)[C@H]4c3cccc(C)c3O)C2=O)cc1. The molecule has 0 radical (unpaired) electrons. The summed E-state index contributed by atoms with van der Waals surface area (Å²) in [6.07, 6.45) is 2.50. The Hall–Kier alpha value is -4.85. The molecule has 2 aliphatic heterocycles. The molecule has 1 saturated carbocycles. The van der Waals surface area contributed by atoms with Crippen molar-refractivity contribution in [3.8, 4) is 5.75 Å². The third-order valence-electron chi connectivity index (χ3n) is 10.4. The van der Waals surface area contributed by atoms with E-state index in [1.54, 1.807) is 74.5 Å². The van der Waals surface area contributed by atoms with E-state index in [1.807, 2.05) is 18.2 Å². The van der Waals surface area contributed by atoms with E-state index in [1.165, 1.54) is 16.7 Å². The molecule has 0 unspecified atom stereocenters. The summed E-state index contributed by atoms with van der Waals surface area (Å²) >= 11 is 0. The van der Waals surface area contributed by atoms with Crippen molar-refractivity contribution in [2.45, 2.75) is 39.5 Å². The van der Waals surface area contributed by atoms with Gasteiger partial charge in [-0.1, -0.05) is 48.0 Å². The van der Waals surface area contributed by atoms with Crippen LogP contribution >= 0.6 is 0 Å². The Balaban J connectivity index is 1.36. The molecular formula is C36H32N2O6. The predicted molar refractivity (Wildman–Crippen MR) is 163 cm³/mol. The number of amides is 4. The van der Waals surface area contributed by atoms with Gasteiger partial charge in [0.25, 0.3) is 0 Å². The minimum absolute atomic E-state index is 0.0561. The summed E-state index contributed by atoms with van der Waals surface area (Å²) in [5, 5.41) is 11.4. The van der Waals surface area contributed by atoms with Crippen molar-refractivity contribution in [3.05, 3.63) is 101 Å². The lowest BCUT2D eigenvalue weighted by atomic mass is 9.51. The van der Waals surface area contributed by atoms with Crippen LogP contribution in [0, 0.1) is 36.0 Å². The summed E-state index contributed by atoms with van der Waals surface area (Å²) in [5.41, 5.74) is 2.14. The van der Waals surface area contributed by atoms with E-state index in [-0.39, 0.29) is 41.6 Å². The summed E-state index contributed by atoms with van der Waals surface area (Å²) in [6, 6.07) is 20.7. The number of ketones is 1. The number of benzene rings is 3. The number of phenolic OH excluding ortho intramolecular Hbond substituents is 1. The van der Waals surface area contributed by atoms with Crippen LogP contribution in [0.3, 0.4) is 0 Å². The number of phenols is 1. The largest absolute Gasteiger partial charge is 0.507 e. The van der Waals surface area contributed by atoms with Crippen molar-refractivity contribution in [1.29, 1.82) is 0 Å². The van der Waals surface area contributed by atoms with Crippen LogP contribution in [-0.4, -0.2) is 34.5 Å². The quantitative estimate of drug-likeness (QED) is 0.250. The van der Waals surface area contributed by atoms with Gasteiger partial charge in [0.1, 0.15) is 5.75 Å². The maximum atomic E-state index is 14.4. The van der Waals surface area contributed by atoms with Gasteiger partial charge in [0.05, 0.1) is 34.5 Å². The van der Waals surface area contributed by atoms with E-state index in [9.17, 15) is 29.1 Å². The molecule has 7 rings (SSSR count). The molecule has 222 valence electrons. The third-order valence-corrected chi connectivity index (χ3v) is 10.4. The number of carbonyl (C=O) groups excluding carboxylic acids is 5. The number of imide groups is 2. The molecule has 4 aliphatic rings. The van der Waals surface area contributed by atoms with E-state index in [2.05, 4.69) is 0 Å². The summed E-state index contributed by atoms with van der Waals surface area (Å²) in [4.78, 5) is 70.9. The van der Waals surface area contributed by atoms with Crippen molar-refractivity contribution in [1.82, 2.24) is 0 Å². The molecule has 0 aromatic heterocycles. The number of hydrogen-bond donors (Lipinski definition) is 1. The molecule has 1 N–H and O–H groups in total. The molecule has 0 bridgehead atoms. The molecule has 3 fully saturated rings. The van der Waals surface area contributed by atoms with Crippen molar-refractivity contribution >= 4 is 40.8 Å². The fourth-order valence-corrected chi connectivity index (χ4v) is 8.20. The zero-order valence-electron chi connectivity index (χ0n) is 24.7. The first kappa shape index (κ1) is 28.0. The average molecular weight is 589 g/mol. The van der Waals surface area contributed by atoms with Gasteiger partial charge in [0.2, 0.25) is 23.6 Å². The molecule has 3 aromatic rings. The van der Waals surface area contributed by atoms with Crippen LogP contribution in [0.2, 0.25) is 0 Å². The lowest BCUT2D eigenvalue weighted by Crippen LogP contribution is -2.49. The molecule has 0 spiro atoms.